The fourth-order valence-electron chi connectivity index (χ4n) is 1.21. The number of carbonyl (C=O) groups excluding carboxylic acids is 1. The van der Waals surface area contributed by atoms with Crippen molar-refractivity contribution in [2.24, 2.45) is 0 Å². The second-order valence-corrected chi connectivity index (χ2v) is 3.22. The first-order valence-corrected chi connectivity index (χ1v) is 4.58. The molecule has 0 unspecified atom stereocenters. The summed E-state index contributed by atoms with van der Waals surface area (Å²) in [7, 11) is 0. The van der Waals surface area contributed by atoms with E-state index in [1.54, 1.807) is 0 Å². The van der Waals surface area contributed by atoms with E-state index in [9.17, 15) is 9.59 Å². The Labute approximate surface area is 92.3 Å². The Bertz CT molecular complexity index is 445. The molecular weight excluding hydrogens is 208 g/mol. The van der Waals surface area contributed by atoms with Gasteiger partial charge in [-0.25, -0.2) is 4.79 Å². The minimum Gasteiger partial charge on any atom is -0.465 e. The highest BCUT2D eigenvalue weighted by molar-refractivity contribution is 6.01. The summed E-state index contributed by atoms with van der Waals surface area (Å²) >= 11 is 0. The first-order valence-electron chi connectivity index (χ1n) is 4.58. The zero-order valence-corrected chi connectivity index (χ0v) is 8.60. The first kappa shape index (κ1) is 11.7. The van der Waals surface area contributed by atoms with Crippen LogP contribution in [0.5, 0.6) is 0 Å². The molecule has 16 heavy (non-hydrogen) atoms. The summed E-state index contributed by atoms with van der Waals surface area (Å²) in [6.07, 6.45) is -1.24. The average molecular weight is 218 g/mol. The van der Waals surface area contributed by atoms with Crippen molar-refractivity contribution in [2.45, 2.75) is 13.0 Å². The Balaban J connectivity index is 2.80. The van der Waals surface area contributed by atoms with Crippen molar-refractivity contribution in [3.05, 3.63) is 35.4 Å². The molecule has 0 aliphatic rings. The zero-order chi connectivity index (χ0) is 12.1. The van der Waals surface area contributed by atoms with Gasteiger partial charge in [-0.3, -0.25) is 4.79 Å². The first-order chi connectivity index (χ1) is 7.54. The van der Waals surface area contributed by atoms with Gasteiger partial charge >= 0.3 is 6.09 Å². The molecule has 5 nitrogen and oxygen atoms in total. The van der Waals surface area contributed by atoms with Gasteiger partial charge in [0.2, 0.25) is 0 Å². The summed E-state index contributed by atoms with van der Waals surface area (Å²) in [6, 6.07) is 7.16. The maximum Gasteiger partial charge on any atom is 0.405 e. The monoisotopic (exact) mass is 218 g/mol. The van der Waals surface area contributed by atoms with Gasteiger partial charge in [0, 0.05) is 5.56 Å². The van der Waals surface area contributed by atoms with Crippen LogP contribution in [0.2, 0.25) is 0 Å². The van der Waals surface area contributed by atoms with Gasteiger partial charge in [0.15, 0.2) is 5.78 Å². The summed E-state index contributed by atoms with van der Waals surface area (Å²) < 4.78 is 0. The van der Waals surface area contributed by atoms with E-state index < -0.39 is 12.1 Å². The van der Waals surface area contributed by atoms with Gasteiger partial charge in [0.05, 0.1) is 17.7 Å². The third kappa shape index (κ3) is 2.82. The van der Waals surface area contributed by atoms with Gasteiger partial charge in [-0.2, -0.15) is 5.26 Å². The second-order valence-electron chi connectivity index (χ2n) is 3.22. The Hall–Kier alpha value is -2.35. The van der Waals surface area contributed by atoms with Crippen LogP contribution in [0.4, 0.5) is 4.79 Å². The van der Waals surface area contributed by atoms with Crippen molar-refractivity contribution >= 4 is 11.9 Å². The predicted octanol–water partition coefficient (Wildman–Crippen LogP) is 1.40. The van der Waals surface area contributed by atoms with Crippen LogP contribution in [0.25, 0.3) is 0 Å². The molecule has 0 saturated heterocycles. The number of nitrogens with one attached hydrogen (secondary N) is 1. The van der Waals surface area contributed by atoms with Gasteiger partial charge < -0.3 is 10.4 Å². The lowest BCUT2D eigenvalue weighted by atomic mass is 10.0. The number of Topliss-reactive ketones (excluding diaryl/α,β-unsaturated/α-hetero) is 1. The van der Waals surface area contributed by atoms with Crippen LogP contribution in [0.15, 0.2) is 24.3 Å². The van der Waals surface area contributed by atoms with Crippen molar-refractivity contribution in [3.8, 4) is 6.07 Å². The Morgan fingerprint density at radius 2 is 1.94 bits per heavy atom. The third-order valence-electron chi connectivity index (χ3n) is 2.03. The highest BCUT2D eigenvalue weighted by Crippen LogP contribution is 2.06. The summed E-state index contributed by atoms with van der Waals surface area (Å²) in [5.74, 6) is -0.327. The van der Waals surface area contributed by atoms with Gasteiger partial charge in [0.1, 0.15) is 0 Å². The molecule has 0 radical (unpaired) electrons. The lowest BCUT2D eigenvalue weighted by Crippen LogP contribution is -2.37. The minimum absolute atomic E-state index is 0.327. The lowest BCUT2D eigenvalue weighted by molar-refractivity contribution is 0.0945. The van der Waals surface area contributed by atoms with Crippen molar-refractivity contribution in [3.63, 3.8) is 0 Å². The average Bonchev–Trinajstić information content (AvgIpc) is 2.27. The topological polar surface area (TPSA) is 90.2 Å². The van der Waals surface area contributed by atoms with E-state index in [1.165, 1.54) is 31.2 Å². The van der Waals surface area contributed by atoms with E-state index in [2.05, 4.69) is 5.32 Å². The number of carbonyl (C=O) groups is 2. The largest absolute Gasteiger partial charge is 0.465 e. The van der Waals surface area contributed by atoms with Crippen LogP contribution < -0.4 is 5.32 Å². The molecule has 1 atom stereocenters. The number of rotatable bonds is 3. The SMILES string of the molecule is C[C@H](NC(=O)O)C(=O)c1ccc(C#N)cc1. The Morgan fingerprint density at radius 1 is 1.38 bits per heavy atom. The van der Waals surface area contributed by atoms with Gasteiger partial charge in [-0.15, -0.1) is 0 Å². The van der Waals surface area contributed by atoms with Gasteiger partial charge in [0.25, 0.3) is 0 Å². The van der Waals surface area contributed by atoms with Crippen LogP contribution in [0.1, 0.15) is 22.8 Å². The zero-order valence-electron chi connectivity index (χ0n) is 8.60. The molecule has 1 aromatic carbocycles. The van der Waals surface area contributed by atoms with Crippen LogP contribution in [0, 0.1) is 11.3 Å². The number of nitriles is 1. The van der Waals surface area contributed by atoms with E-state index in [0.29, 0.717) is 11.1 Å². The number of hydrogen-bond donors (Lipinski definition) is 2. The number of nitrogens with zero attached hydrogens (tertiary/aromatic N) is 1. The standard InChI is InChI=1S/C11H10N2O3/c1-7(13-11(15)16)10(14)9-4-2-8(6-12)3-5-9/h2-5,7,13H,1H3,(H,15,16)/t7-/m0/s1. The summed E-state index contributed by atoms with van der Waals surface area (Å²) in [5.41, 5.74) is 0.829. The van der Waals surface area contributed by atoms with Crippen molar-refractivity contribution in [1.29, 1.82) is 5.26 Å². The Morgan fingerprint density at radius 3 is 2.38 bits per heavy atom. The molecule has 1 aromatic rings. The highest BCUT2D eigenvalue weighted by atomic mass is 16.4. The molecule has 0 aromatic heterocycles. The van der Waals surface area contributed by atoms with Crippen molar-refractivity contribution in [2.75, 3.05) is 0 Å². The molecule has 0 spiro atoms. The van der Waals surface area contributed by atoms with Crippen LogP contribution >= 0.6 is 0 Å². The molecule has 0 saturated carbocycles. The third-order valence-corrected chi connectivity index (χ3v) is 2.03. The molecule has 0 aliphatic carbocycles. The lowest BCUT2D eigenvalue weighted by Gasteiger charge is -2.09. The molecule has 2 N–H and O–H groups in total. The number of carboxylic acid groups (broad SMARTS) is 1. The number of benzene rings is 1. The molecular formula is C11H10N2O3. The van der Waals surface area contributed by atoms with Gasteiger partial charge in [-0.1, -0.05) is 12.1 Å². The number of hydrogen-bond acceptors (Lipinski definition) is 3. The van der Waals surface area contributed by atoms with E-state index in [-0.39, 0.29) is 5.78 Å². The number of ketones is 1. The van der Waals surface area contributed by atoms with E-state index in [4.69, 9.17) is 10.4 Å². The van der Waals surface area contributed by atoms with Crippen LogP contribution in [-0.2, 0) is 0 Å². The van der Waals surface area contributed by atoms with E-state index in [0.717, 1.165) is 0 Å². The molecule has 1 amide bonds. The maximum atomic E-state index is 11.7. The summed E-state index contributed by atoms with van der Waals surface area (Å²) in [5, 5.41) is 19.1. The molecule has 0 bridgehead atoms. The van der Waals surface area contributed by atoms with Gasteiger partial charge in [-0.05, 0) is 19.1 Å². The summed E-state index contributed by atoms with van der Waals surface area (Å²) in [6.45, 7) is 1.47. The quantitative estimate of drug-likeness (QED) is 0.750. The van der Waals surface area contributed by atoms with Crippen molar-refractivity contribution in [1.82, 2.24) is 5.32 Å². The molecule has 0 heterocycles. The highest BCUT2D eigenvalue weighted by Gasteiger charge is 2.16. The molecule has 5 heteroatoms. The fraction of sp³-hybridized carbons (Fsp3) is 0.182. The molecule has 0 aliphatic heterocycles. The summed E-state index contributed by atoms with van der Waals surface area (Å²) in [4.78, 5) is 22.0. The smallest absolute Gasteiger partial charge is 0.405 e. The number of amides is 1. The molecule has 1 rings (SSSR count). The minimum atomic E-state index is -1.24. The molecule has 82 valence electrons. The fourth-order valence-corrected chi connectivity index (χ4v) is 1.21. The normalized spacial score (nSPS) is 11.2. The van der Waals surface area contributed by atoms with Crippen molar-refractivity contribution < 1.29 is 14.7 Å². The van der Waals surface area contributed by atoms with Crippen LogP contribution in [-0.4, -0.2) is 23.0 Å². The van der Waals surface area contributed by atoms with Crippen LogP contribution in [0.3, 0.4) is 0 Å². The Kier molecular flexibility index (Phi) is 3.62. The van der Waals surface area contributed by atoms with E-state index >= 15 is 0 Å². The predicted molar refractivity (Wildman–Crippen MR) is 56.1 cm³/mol. The van der Waals surface area contributed by atoms with E-state index in [1.807, 2.05) is 6.07 Å². The maximum absolute atomic E-state index is 11.7. The molecule has 0 fully saturated rings. The second kappa shape index (κ2) is 4.94.